The molecular weight excluding hydrogens is 172 g/mol. The van der Waals surface area contributed by atoms with Gasteiger partial charge in [-0.25, -0.2) is 0 Å². The summed E-state index contributed by atoms with van der Waals surface area (Å²) in [6.45, 7) is 6.75. The second kappa shape index (κ2) is 3.26. The first-order valence-electron chi connectivity index (χ1n) is 5.33. The fraction of sp³-hybridized carbons (Fsp3) is 0.583. The molecule has 1 aromatic rings. The monoisotopic (exact) mass is 190 g/mol. The van der Waals surface area contributed by atoms with Crippen LogP contribution in [-0.2, 0) is 7.05 Å². The summed E-state index contributed by atoms with van der Waals surface area (Å²) >= 11 is 0. The zero-order chi connectivity index (χ0) is 10.3. The number of hydrogen-bond acceptors (Lipinski definition) is 1. The van der Waals surface area contributed by atoms with Crippen molar-refractivity contribution in [2.45, 2.75) is 33.1 Å². The van der Waals surface area contributed by atoms with Crippen molar-refractivity contribution in [3.63, 3.8) is 0 Å². The van der Waals surface area contributed by atoms with Gasteiger partial charge in [-0.05, 0) is 17.9 Å². The normalized spacial score (nSPS) is 20.9. The Morgan fingerprint density at radius 3 is 2.86 bits per heavy atom. The summed E-state index contributed by atoms with van der Waals surface area (Å²) in [4.78, 5) is 0. The summed E-state index contributed by atoms with van der Waals surface area (Å²) in [7, 11) is 2.00. The molecule has 1 aliphatic rings. The van der Waals surface area contributed by atoms with Crippen LogP contribution in [0.1, 0.15) is 44.4 Å². The summed E-state index contributed by atoms with van der Waals surface area (Å²) in [6, 6.07) is 0. The van der Waals surface area contributed by atoms with Crippen LogP contribution in [0.2, 0.25) is 0 Å². The zero-order valence-corrected chi connectivity index (χ0v) is 9.41. The Labute approximate surface area is 85.6 Å². The molecule has 0 bridgehead atoms. The lowest BCUT2D eigenvalue weighted by molar-refractivity contribution is 0.678. The van der Waals surface area contributed by atoms with Crippen molar-refractivity contribution in [3.8, 4) is 0 Å². The van der Waals surface area contributed by atoms with Gasteiger partial charge in [-0.1, -0.05) is 26.8 Å². The molecule has 0 fully saturated rings. The first kappa shape index (κ1) is 9.50. The first-order chi connectivity index (χ1) is 6.59. The van der Waals surface area contributed by atoms with E-state index in [-0.39, 0.29) is 0 Å². The molecule has 1 atom stereocenters. The maximum atomic E-state index is 4.54. The predicted octanol–water partition coefficient (Wildman–Crippen LogP) is 2.97. The fourth-order valence-electron chi connectivity index (χ4n) is 2.16. The van der Waals surface area contributed by atoms with Gasteiger partial charge in [-0.2, -0.15) is 5.10 Å². The standard InChI is InChI=1S/C12H18N2/c1-8(2)10-6-5-9(3)12-11(10)7-14(4)13-12/h6-9H,5H2,1-4H3. The van der Waals surface area contributed by atoms with Gasteiger partial charge in [0.25, 0.3) is 0 Å². The molecule has 2 rings (SSSR count). The summed E-state index contributed by atoms with van der Waals surface area (Å²) in [6.07, 6.45) is 5.66. The van der Waals surface area contributed by atoms with Gasteiger partial charge in [0.1, 0.15) is 0 Å². The Morgan fingerprint density at radius 1 is 1.50 bits per heavy atom. The van der Waals surface area contributed by atoms with Crippen LogP contribution in [0.5, 0.6) is 0 Å². The summed E-state index contributed by atoms with van der Waals surface area (Å²) in [5.74, 6) is 1.18. The van der Waals surface area contributed by atoms with Crippen LogP contribution in [0.3, 0.4) is 0 Å². The van der Waals surface area contributed by atoms with Crippen LogP contribution in [0.15, 0.2) is 12.3 Å². The van der Waals surface area contributed by atoms with Gasteiger partial charge in [0, 0.05) is 24.7 Å². The van der Waals surface area contributed by atoms with Gasteiger partial charge in [0.2, 0.25) is 0 Å². The smallest absolute Gasteiger partial charge is 0.0730 e. The average molecular weight is 190 g/mol. The number of fused-ring (bicyclic) bond motifs is 1. The van der Waals surface area contributed by atoms with Gasteiger partial charge >= 0.3 is 0 Å². The lowest BCUT2D eigenvalue weighted by Gasteiger charge is -2.20. The topological polar surface area (TPSA) is 17.8 Å². The van der Waals surface area contributed by atoms with Crippen molar-refractivity contribution >= 4 is 5.57 Å². The van der Waals surface area contributed by atoms with Crippen molar-refractivity contribution in [1.82, 2.24) is 9.78 Å². The number of aryl methyl sites for hydroxylation is 1. The van der Waals surface area contributed by atoms with Gasteiger partial charge in [0.15, 0.2) is 0 Å². The van der Waals surface area contributed by atoms with Gasteiger partial charge in [-0.15, -0.1) is 0 Å². The number of nitrogens with zero attached hydrogens (tertiary/aromatic N) is 2. The van der Waals surface area contributed by atoms with Crippen molar-refractivity contribution in [2.75, 3.05) is 0 Å². The van der Waals surface area contributed by atoms with E-state index in [2.05, 4.69) is 38.1 Å². The number of hydrogen-bond donors (Lipinski definition) is 0. The third-order valence-electron chi connectivity index (χ3n) is 2.95. The Hall–Kier alpha value is -1.05. The van der Waals surface area contributed by atoms with E-state index >= 15 is 0 Å². The number of rotatable bonds is 1. The molecule has 0 amide bonds. The van der Waals surface area contributed by atoms with E-state index in [0.717, 1.165) is 6.42 Å². The minimum Gasteiger partial charge on any atom is -0.275 e. The van der Waals surface area contributed by atoms with Crippen LogP contribution in [-0.4, -0.2) is 9.78 Å². The Morgan fingerprint density at radius 2 is 2.21 bits per heavy atom. The molecule has 14 heavy (non-hydrogen) atoms. The minimum absolute atomic E-state index is 0.577. The van der Waals surface area contributed by atoms with Gasteiger partial charge < -0.3 is 0 Å². The summed E-state index contributed by atoms with van der Waals surface area (Å²) < 4.78 is 1.93. The largest absolute Gasteiger partial charge is 0.275 e. The van der Waals surface area contributed by atoms with Crippen molar-refractivity contribution in [2.24, 2.45) is 13.0 Å². The average Bonchev–Trinajstić information content (AvgIpc) is 2.47. The van der Waals surface area contributed by atoms with E-state index in [1.807, 2.05) is 11.7 Å². The van der Waals surface area contributed by atoms with Crippen LogP contribution in [0.25, 0.3) is 5.57 Å². The van der Waals surface area contributed by atoms with E-state index in [1.54, 1.807) is 0 Å². The molecule has 2 heteroatoms. The second-order valence-electron chi connectivity index (χ2n) is 4.55. The predicted molar refractivity (Wildman–Crippen MR) is 59.1 cm³/mol. The van der Waals surface area contributed by atoms with Crippen molar-refractivity contribution in [1.29, 1.82) is 0 Å². The highest BCUT2D eigenvalue weighted by atomic mass is 15.3. The molecular formula is C12H18N2. The fourth-order valence-corrected chi connectivity index (χ4v) is 2.16. The molecule has 0 N–H and O–H groups in total. The van der Waals surface area contributed by atoms with E-state index in [1.165, 1.54) is 16.8 Å². The van der Waals surface area contributed by atoms with Crippen LogP contribution in [0.4, 0.5) is 0 Å². The van der Waals surface area contributed by atoms with E-state index in [4.69, 9.17) is 0 Å². The highest BCUT2D eigenvalue weighted by molar-refractivity contribution is 5.70. The highest BCUT2D eigenvalue weighted by Crippen LogP contribution is 2.36. The first-order valence-corrected chi connectivity index (χ1v) is 5.33. The third kappa shape index (κ3) is 1.39. The molecule has 76 valence electrons. The molecule has 1 aromatic heterocycles. The highest BCUT2D eigenvalue weighted by Gasteiger charge is 2.22. The van der Waals surface area contributed by atoms with E-state index in [9.17, 15) is 0 Å². The molecule has 0 radical (unpaired) electrons. The number of aromatic nitrogens is 2. The van der Waals surface area contributed by atoms with E-state index < -0.39 is 0 Å². The summed E-state index contributed by atoms with van der Waals surface area (Å²) in [5.41, 5.74) is 4.10. The van der Waals surface area contributed by atoms with Crippen molar-refractivity contribution in [3.05, 3.63) is 23.5 Å². The lowest BCUT2D eigenvalue weighted by Crippen LogP contribution is -2.06. The Bertz CT molecular complexity index is 372. The molecule has 0 aliphatic heterocycles. The molecule has 0 spiro atoms. The third-order valence-corrected chi connectivity index (χ3v) is 2.95. The quantitative estimate of drug-likeness (QED) is 0.665. The Kier molecular flexibility index (Phi) is 2.22. The van der Waals surface area contributed by atoms with E-state index in [0.29, 0.717) is 11.8 Å². The van der Waals surface area contributed by atoms with Crippen molar-refractivity contribution < 1.29 is 0 Å². The molecule has 2 nitrogen and oxygen atoms in total. The maximum Gasteiger partial charge on any atom is 0.0730 e. The van der Waals surface area contributed by atoms with Crippen LogP contribution in [0, 0.1) is 5.92 Å². The van der Waals surface area contributed by atoms with Gasteiger partial charge in [0.05, 0.1) is 5.69 Å². The lowest BCUT2D eigenvalue weighted by atomic mass is 9.85. The molecule has 0 saturated carbocycles. The van der Waals surface area contributed by atoms with Crippen LogP contribution >= 0.6 is 0 Å². The zero-order valence-electron chi connectivity index (χ0n) is 9.41. The Balaban J connectivity index is 2.50. The molecule has 1 unspecified atom stereocenters. The van der Waals surface area contributed by atoms with Gasteiger partial charge in [-0.3, -0.25) is 4.68 Å². The summed E-state index contributed by atoms with van der Waals surface area (Å²) in [5, 5.41) is 4.54. The minimum atomic E-state index is 0.577. The molecule has 1 heterocycles. The van der Waals surface area contributed by atoms with Crippen LogP contribution < -0.4 is 0 Å². The maximum absolute atomic E-state index is 4.54. The number of allylic oxidation sites excluding steroid dienone is 2. The molecule has 0 aromatic carbocycles. The molecule has 0 saturated heterocycles. The second-order valence-corrected chi connectivity index (χ2v) is 4.55. The SMILES string of the molecule is CC(C)C1=CCC(C)c2nn(C)cc21. The molecule has 1 aliphatic carbocycles.